The maximum absolute atomic E-state index is 10.9. The van der Waals surface area contributed by atoms with Gasteiger partial charge in [-0.3, -0.25) is 4.79 Å². The van der Waals surface area contributed by atoms with Crippen molar-refractivity contribution in [1.29, 1.82) is 0 Å². The number of aromatic hydroxyl groups is 1. The van der Waals surface area contributed by atoms with E-state index in [0.717, 1.165) is 0 Å². The van der Waals surface area contributed by atoms with Crippen molar-refractivity contribution in [3.8, 4) is 5.75 Å². The zero-order chi connectivity index (χ0) is 8.43. The minimum absolute atomic E-state index is 0.00176. The first-order valence-electron chi connectivity index (χ1n) is 2.80. The van der Waals surface area contributed by atoms with Crippen LogP contribution >= 0.6 is 23.2 Å². The first-order chi connectivity index (χ1) is 5.13. The normalized spacial score (nSPS) is 9.64. The molecule has 0 saturated heterocycles. The lowest BCUT2D eigenvalue weighted by Gasteiger charge is -1.84. The molecule has 1 aromatic rings. The Bertz CT molecular complexity index is 336. The van der Waals surface area contributed by atoms with E-state index in [1.165, 1.54) is 18.2 Å². The molecule has 1 aromatic carbocycles. The fourth-order valence-electron chi connectivity index (χ4n) is 0.593. The second-order valence-electron chi connectivity index (χ2n) is 1.90. The molecule has 1 rings (SSSR count). The van der Waals surface area contributed by atoms with Gasteiger partial charge in [-0.2, -0.15) is 0 Å². The highest BCUT2D eigenvalue weighted by atomic mass is 35.5. The Morgan fingerprint density at radius 1 is 1.18 bits per heavy atom. The van der Waals surface area contributed by atoms with Crippen molar-refractivity contribution in [2.24, 2.45) is 0 Å². The van der Waals surface area contributed by atoms with Gasteiger partial charge in [0.25, 0.3) is 0 Å². The zero-order valence-corrected chi connectivity index (χ0v) is 6.86. The molecule has 58 valence electrons. The second-order valence-corrected chi connectivity index (χ2v) is 2.71. The summed E-state index contributed by atoms with van der Waals surface area (Å²) in [4.78, 5) is 10.9. The van der Waals surface area contributed by atoms with Crippen molar-refractivity contribution < 1.29 is 5.11 Å². The van der Waals surface area contributed by atoms with Gasteiger partial charge in [-0.1, -0.05) is 29.3 Å². The summed E-state index contributed by atoms with van der Waals surface area (Å²) in [5.74, 6) is -0.512. The lowest BCUT2D eigenvalue weighted by Crippen LogP contribution is -1.96. The third-order valence-corrected chi connectivity index (χ3v) is 1.75. The van der Waals surface area contributed by atoms with Crippen LogP contribution in [0.25, 0.3) is 0 Å². The molecule has 0 spiro atoms. The van der Waals surface area contributed by atoms with Crippen molar-refractivity contribution in [2.45, 2.75) is 0 Å². The number of hydrogen-bond donors (Lipinski definition) is 1. The van der Waals surface area contributed by atoms with Gasteiger partial charge in [0, 0.05) is 0 Å². The van der Waals surface area contributed by atoms with Crippen LogP contribution in [-0.4, -0.2) is 5.11 Å². The van der Waals surface area contributed by atoms with Crippen molar-refractivity contribution in [2.75, 3.05) is 0 Å². The lowest BCUT2D eigenvalue weighted by atomic mass is 10.4. The SMILES string of the molecule is O=c1c(Cl)cccc(Cl)c1O. The molecule has 0 bridgehead atoms. The molecular weight excluding hydrogens is 187 g/mol. The van der Waals surface area contributed by atoms with Gasteiger partial charge < -0.3 is 5.11 Å². The van der Waals surface area contributed by atoms with Crippen molar-refractivity contribution in [1.82, 2.24) is 0 Å². The van der Waals surface area contributed by atoms with Gasteiger partial charge in [0.15, 0.2) is 5.75 Å². The summed E-state index contributed by atoms with van der Waals surface area (Å²) >= 11 is 10.9. The minimum atomic E-state index is -0.651. The van der Waals surface area contributed by atoms with Gasteiger partial charge >= 0.3 is 0 Å². The third kappa shape index (κ3) is 1.64. The van der Waals surface area contributed by atoms with E-state index in [9.17, 15) is 4.79 Å². The molecule has 0 aliphatic rings. The summed E-state index contributed by atoms with van der Waals surface area (Å²) in [7, 11) is 0. The van der Waals surface area contributed by atoms with Gasteiger partial charge in [0.1, 0.15) is 0 Å². The highest BCUT2D eigenvalue weighted by molar-refractivity contribution is 6.33. The van der Waals surface area contributed by atoms with E-state index in [1.807, 2.05) is 0 Å². The molecule has 0 heterocycles. The predicted molar refractivity (Wildman–Crippen MR) is 44.4 cm³/mol. The molecule has 0 aromatic heterocycles. The standard InChI is InChI=1S/C7H4Cl2O2/c8-4-2-1-3-5(9)7(11)6(4)10/h1-3H,(H,10,11). The molecule has 0 atom stereocenters. The van der Waals surface area contributed by atoms with E-state index in [1.54, 1.807) is 0 Å². The maximum Gasteiger partial charge on any atom is 0.240 e. The van der Waals surface area contributed by atoms with E-state index >= 15 is 0 Å². The van der Waals surface area contributed by atoms with Crippen LogP contribution in [0.5, 0.6) is 5.75 Å². The molecule has 0 saturated carbocycles. The van der Waals surface area contributed by atoms with Crippen LogP contribution < -0.4 is 5.43 Å². The van der Waals surface area contributed by atoms with Crippen LogP contribution in [0.15, 0.2) is 23.0 Å². The Hall–Kier alpha value is -0.730. The van der Waals surface area contributed by atoms with Gasteiger partial charge in [-0.25, -0.2) is 0 Å². The maximum atomic E-state index is 10.9. The molecule has 0 radical (unpaired) electrons. The molecule has 11 heavy (non-hydrogen) atoms. The van der Waals surface area contributed by atoms with Crippen LogP contribution in [0, 0.1) is 0 Å². The average Bonchev–Trinajstić information content (AvgIpc) is 2.07. The van der Waals surface area contributed by atoms with Crippen LogP contribution in [-0.2, 0) is 0 Å². The summed E-state index contributed by atoms with van der Waals surface area (Å²) < 4.78 is 0. The topological polar surface area (TPSA) is 37.3 Å². The molecule has 2 nitrogen and oxygen atoms in total. The van der Waals surface area contributed by atoms with Crippen LogP contribution in [0.4, 0.5) is 0 Å². The highest BCUT2D eigenvalue weighted by Crippen LogP contribution is 2.18. The quantitative estimate of drug-likeness (QED) is 0.681. The molecule has 0 unspecified atom stereocenters. The van der Waals surface area contributed by atoms with Gasteiger partial charge in [0.05, 0.1) is 10.0 Å². The Labute approximate surface area is 73.0 Å². The minimum Gasteiger partial charge on any atom is -0.503 e. The monoisotopic (exact) mass is 190 g/mol. The fraction of sp³-hybridized carbons (Fsp3) is 0. The van der Waals surface area contributed by atoms with E-state index in [2.05, 4.69) is 0 Å². The van der Waals surface area contributed by atoms with Gasteiger partial charge in [-0.05, 0) is 12.1 Å². The smallest absolute Gasteiger partial charge is 0.240 e. The Morgan fingerprint density at radius 3 is 2.36 bits per heavy atom. The summed E-state index contributed by atoms with van der Waals surface area (Å²) in [5, 5.41) is 8.97. The molecule has 1 N–H and O–H groups in total. The molecular formula is C7H4Cl2O2. The zero-order valence-electron chi connectivity index (χ0n) is 5.34. The average molecular weight is 191 g/mol. The van der Waals surface area contributed by atoms with Gasteiger partial charge in [-0.15, -0.1) is 0 Å². The summed E-state index contributed by atoms with van der Waals surface area (Å²) in [5.41, 5.74) is -0.651. The molecule has 0 aliphatic heterocycles. The molecule has 0 aliphatic carbocycles. The van der Waals surface area contributed by atoms with Crippen LogP contribution in [0.1, 0.15) is 0 Å². The fourth-order valence-corrected chi connectivity index (χ4v) is 0.914. The first kappa shape index (κ1) is 8.37. The Morgan fingerprint density at radius 2 is 1.73 bits per heavy atom. The van der Waals surface area contributed by atoms with Crippen LogP contribution in [0.2, 0.25) is 10.0 Å². The number of rotatable bonds is 0. The Kier molecular flexibility index (Phi) is 2.37. The van der Waals surface area contributed by atoms with Crippen molar-refractivity contribution in [3.05, 3.63) is 38.5 Å². The number of hydrogen-bond acceptors (Lipinski definition) is 2. The Balaban J connectivity index is 3.62. The lowest BCUT2D eigenvalue weighted by molar-refractivity contribution is 0.471. The van der Waals surface area contributed by atoms with Gasteiger partial charge in [0.2, 0.25) is 5.43 Å². The highest BCUT2D eigenvalue weighted by Gasteiger charge is 2.02. The number of halogens is 2. The third-order valence-electron chi connectivity index (χ3n) is 1.14. The van der Waals surface area contributed by atoms with Crippen LogP contribution in [0.3, 0.4) is 0 Å². The molecule has 0 amide bonds. The van der Waals surface area contributed by atoms with E-state index in [0.29, 0.717) is 0 Å². The molecule has 0 fully saturated rings. The van der Waals surface area contributed by atoms with E-state index in [-0.39, 0.29) is 10.0 Å². The largest absolute Gasteiger partial charge is 0.503 e. The summed E-state index contributed by atoms with van der Waals surface area (Å²) in [6, 6.07) is 4.26. The van der Waals surface area contributed by atoms with E-state index < -0.39 is 11.2 Å². The summed E-state index contributed by atoms with van der Waals surface area (Å²) in [6.07, 6.45) is 0. The van der Waals surface area contributed by atoms with Crippen molar-refractivity contribution >= 4 is 23.2 Å². The summed E-state index contributed by atoms with van der Waals surface area (Å²) in [6.45, 7) is 0. The van der Waals surface area contributed by atoms with Crippen molar-refractivity contribution in [3.63, 3.8) is 0 Å². The predicted octanol–water partition coefficient (Wildman–Crippen LogP) is 2.06. The first-order valence-corrected chi connectivity index (χ1v) is 3.56. The molecule has 4 heteroatoms. The van der Waals surface area contributed by atoms with E-state index in [4.69, 9.17) is 28.3 Å². The second kappa shape index (κ2) is 3.11.